The molecule has 0 saturated heterocycles. The Bertz CT molecular complexity index is 552. The molecule has 0 radical (unpaired) electrons. The van der Waals surface area contributed by atoms with E-state index in [1.807, 2.05) is 36.4 Å². The van der Waals surface area contributed by atoms with Crippen LogP contribution in [0.3, 0.4) is 0 Å². The average Bonchev–Trinajstić information content (AvgIpc) is 2.33. The number of nitrogen functional groups attached to an aromatic ring is 1. The molecule has 0 saturated carbocycles. The molecule has 2 nitrogen and oxygen atoms in total. The number of rotatable bonds is 2. The lowest BCUT2D eigenvalue weighted by Gasteiger charge is -2.10. The number of halogens is 1. The third kappa shape index (κ3) is 2.37. The summed E-state index contributed by atoms with van der Waals surface area (Å²) < 4.78 is 5.21. The Morgan fingerprint density at radius 3 is 2.59 bits per heavy atom. The van der Waals surface area contributed by atoms with Crippen molar-refractivity contribution in [3.63, 3.8) is 0 Å². The number of hydrogen-bond acceptors (Lipinski definition) is 2. The van der Waals surface area contributed by atoms with Gasteiger partial charge >= 0.3 is 0 Å². The van der Waals surface area contributed by atoms with Crippen molar-refractivity contribution in [1.82, 2.24) is 0 Å². The predicted molar refractivity (Wildman–Crippen MR) is 72.6 cm³/mol. The van der Waals surface area contributed by atoms with Crippen LogP contribution < -0.4 is 10.5 Å². The van der Waals surface area contributed by atoms with Gasteiger partial charge in [0.1, 0.15) is 5.75 Å². The van der Waals surface area contributed by atoms with Crippen molar-refractivity contribution < 1.29 is 4.74 Å². The first-order chi connectivity index (χ1) is 8.11. The van der Waals surface area contributed by atoms with E-state index in [4.69, 9.17) is 22.1 Å². The van der Waals surface area contributed by atoms with Gasteiger partial charge in [-0.15, -0.1) is 0 Å². The van der Waals surface area contributed by atoms with Crippen LogP contribution in [-0.4, -0.2) is 7.11 Å². The van der Waals surface area contributed by atoms with Crippen molar-refractivity contribution in [2.75, 3.05) is 12.8 Å². The van der Waals surface area contributed by atoms with Crippen molar-refractivity contribution in [2.45, 2.75) is 6.92 Å². The molecule has 0 spiro atoms. The van der Waals surface area contributed by atoms with Crippen molar-refractivity contribution >= 4 is 17.3 Å². The van der Waals surface area contributed by atoms with Crippen molar-refractivity contribution in [2.24, 2.45) is 0 Å². The molecular weight excluding hydrogens is 234 g/mol. The molecule has 0 aliphatic carbocycles. The molecule has 3 heteroatoms. The van der Waals surface area contributed by atoms with Gasteiger partial charge in [0.25, 0.3) is 0 Å². The Labute approximate surface area is 106 Å². The summed E-state index contributed by atoms with van der Waals surface area (Å²) in [7, 11) is 1.61. The normalized spacial score (nSPS) is 10.3. The van der Waals surface area contributed by atoms with Crippen molar-refractivity contribution in [3.05, 3.63) is 47.0 Å². The van der Waals surface area contributed by atoms with Gasteiger partial charge in [0, 0.05) is 5.69 Å². The van der Waals surface area contributed by atoms with Crippen LogP contribution in [0.5, 0.6) is 5.75 Å². The Kier molecular flexibility index (Phi) is 3.25. The molecule has 0 bridgehead atoms. The van der Waals surface area contributed by atoms with Crippen molar-refractivity contribution in [1.29, 1.82) is 0 Å². The second kappa shape index (κ2) is 4.68. The molecule has 88 valence electrons. The lowest BCUT2D eigenvalue weighted by Crippen LogP contribution is -1.90. The molecule has 0 atom stereocenters. The Morgan fingerprint density at radius 1 is 1.12 bits per heavy atom. The number of anilines is 1. The fourth-order valence-electron chi connectivity index (χ4n) is 1.78. The van der Waals surface area contributed by atoms with Crippen LogP contribution in [0.1, 0.15) is 5.56 Å². The third-order valence-corrected chi connectivity index (χ3v) is 3.04. The van der Waals surface area contributed by atoms with Crippen LogP contribution in [0.2, 0.25) is 5.02 Å². The molecule has 17 heavy (non-hydrogen) atoms. The lowest BCUT2D eigenvalue weighted by molar-refractivity contribution is 0.415. The van der Waals surface area contributed by atoms with Crippen LogP contribution in [0.25, 0.3) is 11.1 Å². The first-order valence-electron chi connectivity index (χ1n) is 5.32. The molecule has 0 aliphatic rings. The summed E-state index contributed by atoms with van der Waals surface area (Å²) in [6.07, 6.45) is 0. The largest absolute Gasteiger partial charge is 0.495 e. The summed E-state index contributed by atoms with van der Waals surface area (Å²) in [5.74, 6) is 0.672. The first kappa shape index (κ1) is 11.8. The quantitative estimate of drug-likeness (QED) is 0.817. The molecule has 0 fully saturated rings. The van der Waals surface area contributed by atoms with Gasteiger partial charge in [0.15, 0.2) is 0 Å². The summed E-state index contributed by atoms with van der Waals surface area (Å²) in [4.78, 5) is 0. The fraction of sp³-hybridized carbons (Fsp3) is 0.143. The highest BCUT2D eigenvalue weighted by molar-refractivity contribution is 6.32. The average molecular weight is 248 g/mol. The van der Waals surface area contributed by atoms with E-state index in [-0.39, 0.29) is 0 Å². The smallest absolute Gasteiger partial charge is 0.138 e. The Balaban J connectivity index is 2.56. The molecule has 2 rings (SSSR count). The summed E-state index contributed by atoms with van der Waals surface area (Å²) in [5, 5.41) is 0.609. The van der Waals surface area contributed by atoms with E-state index in [1.54, 1.807) is 7.11 Å². The maximum absolute atomic E-state index is 6.01. The zero-order valence-electron chi connectivity index (χ0n) is 9.83. The van der Waals surface area contributed by atoms with Crippen LogP contribution in [0.15, 0.2) is 36.4 Å². The molecule has 2 aromatic rings. The second-order valence-corrected chi connectivity index (χ2v) is 4.33. The Hall–Kier alpha value is -1.67. The Morgan fingerprint density at radius 2 is 1.88 bits per heavy atom. The minimum atomic E-state index is 0.609. The number of hydrogen-bond donors (Lipinski definition) is 1. The van der Waals surface area contributed by atoms with Gasteiger partial charge in [-0.1, -0.05) is 23.7 Å². The van der Waals surface area contributed by atoms with Crippen molar-refractivity contribution in [3.8, 4) is 16.9 Å². The highest BCUT2D eigenvalue weighted by Gasteiger charge is 2.06. The first-order valence-corrected chi connectivity index (χ1v) is 5.69. The van der Waals surface area contributed by atoms with E-state index >= 15 is 0 Å². The van der Waals surface area contributed by atoms with Gasteiger partial charge in [0.2, 0.25) is 0 Å². The van der Waals surface area contributed by atoms with Crippen LogP contribution in [0, 0.1) is 6.92 Å². The van der Waals surface area contributed by atoms with Gasteiger partial charge in [-0.05, 0) is 47.9 Å². The monoisotopic (exact) mass is 247 g/mol. The van der Waals surface area contributed by atoms with Gasteiger partial charge in [-0.25, -0.2) is 0 Å². The zero-order valence-corrected chi connectivity index (χ0v) is 10.6. The van der Waals surface area contributed by atoms with Crippen LogP contribution >= 0.6 is 11.6 Å². The fourth-order valence-corrected chi connectivity index (χ4v) is 1.97. The topological polar surface area (TPSA) is 35.2 Å². The highest BCUT2D eigenvalue weighted by atomic mass is 35.5. The molecular formula is C14H14ClNO. The third-order valence-electron chi connectivity index (χ3n) is 2.72. The second-order valence-electron chi connectivity index (χ2n) is 3.92. The predicted octanol–water partition coefficient (Wildman–Crippen LogP) is 3.91. The summed E-state index contributed by atoms with van der Waals surface area (Å²) in [5.41, 5.74) is 9.88. The minimum Gasteiger partial charge on any atom is -0.495 e. The van der Waals surface area contributed by atoms with Gasteiger partial charge < -0.3 is 10.5 Å². The maximum Gasteiger partial charge on any atom is 0.138 e. The van der Waals surface area contributed by atoms with E-state index in [9.17, 15) is 0 Å². The number of ether oxygens (including phenoxy) is 1. The van der Waals surface area contributed by atoms with Gasteiger partial charge in [-0.2, -0.15) is 0 Å². The zero-order chi connectivity index (χ0) is 12.4. The number of aryl methyl sites for hydroxylation is 1. The van der Waals surface area contributed by atoms with Gasteiger partial charge in [-0.3, -0.25) is 0 Å². The molecule has 2 N–H and O–H groups in total. The molecule has 0 unspecified atom stereocenters. The number of benzene rings is 2. The van der Waals surface area contributed by atoms with E-state index in [0.717, 1.165) is 16.8 Å². The SMILES string of the molecule is COc1cc(-c2cc(N)ccc2C)ccc1Cl. The standard InChI is InChI=1S/C14H14ClNO/c1-9-3-5-11(16)8-12(9)10-4-6-13(15)14(7-10)17-2/h3-8H,16H2,1-2H3. The lowest BCUT2D eigenvalue weighted by atomic mass is 10.00. The molecule has 0 aliphatic heterocycles. The molecule has 0 aromatic heterocycles. The van der Waals surface area contributed by atoms with E-state index in [0.29, 0.717) is 10.8 Å². The summed E-state index contributed by atoms with van der Waals surface area (Å²) in [6.45, 7) is 2.05. The highest BCUT2D eigenvalue weighted by Crippen LogP contribution is 2.32. The molecule has 2 aromatic carbocycles. The molecule has 0 heterocycles. The number of nitrogens with two attached hydrogens (primary N) is 1. The van der Waals surface area contributed by atoms with Crippen LogP contribution in [-0.2, 0) is 0 Å². The van der Waals surface area contributed by atoms with E-state index < -0.39 is 0 Å². The van der Waals surface area contributed by atoms with E-state index in [1.165, 1.54) is 5.56 Å². The minimum absolute atomic E-state index is 0.609. The maximum atomic E-state index is 6.01. The molecule has 0 amide bonds. The van der Waals surface area contributed by atoms with Gasteiger partial charge in [0.05, 0.1) is 12.1 Å². The summed E-state index contributed by atoms with van der Waals surface area (Å²) in [6, 6.07) is 11.6. The number of methoxy groups -OCH3 is 1. The van der Waals surface area contributed by atoms with Crippen LogP contribution in [0.4, 0.5) is 5.69 Å². The van der Waals surface area contributed by atoms with E-state index in [2.05, 4.69) is 6.92 Å². The summed E-state index contributed by atoms with van der Waals surface area (Å²) >= 11 is 6.01.